The van der Waals surface area contributed by atoms with Crippen molar-refractivity contribution in [2.45, 2.75) is 40.7 Å². The Morgan fingerprint density at radius 2 is 1.80 bits per heavy atom. The van der Waals surface area contributed by atoms with Crippen LogP contribution in [0.3, 0.4) is 0 Å². The third-order valence-electron chi connectivity index (χ3n) is 2.92. The zero-order valence-corrected chi connectivity index (χ0v) is 13.5. The fraction of sp³-hybridized carbons (Fsp3) is 0.375. The molecule has 0 saturated carbocycles. The van der Waals surface area contributed by atoms with E-state index in [0.717, 1.165) is 10.5 Å². The first kappa shape index (κ1) is 14.7. The summed E-state index contributed by atoms with van der Waals surface area (Å²) in [5.74, 6) is 0. The Bertz CT molecular complexity index is 671. The molecule has 2 aromatic rings. The number of hydrogen-bond acceptors (Lipinski definition) is 3. The largest absolute Gasteiger partial charge is 0.312 e. The first-order chi connectivity index (χ1) is 9.50. The molecule has 0 aliphatic heterocycles. The van der Waals surface area contributed by atoms with Gasteiger partial charge in [-0.25, -0.2) is 0 Å². The van der Waals surface area contributed by atoms with Crippen LogP contribution in [0.25, 0.3) is 11.3 Å². The first-order valence-corrected chi connectivity index (χ1v) is 7.64. The van der Waals surface area contributed by atoms with E-state index in [1.165, 1.54) is 16.1 Å². The minimum Gasteiger partial charge on any atom is -0.312 e. The van der Waals surface area contributed by atoms with Crippen LogP contribution < -0.4 is 4.80 Å². The Kier molecular flexibility index (Phi) is 4.55. The van der Waals surface area contributed by atoms with Gasteiger partial charge < -0.3 is 4.57 Å². The van der Waals surface area contributed by atoms with Gasteiger partial charge in [0.05, 0.1) is 5.69 Å². The van der Waals surface area contributed by atoms with Gasteiger partial charge in [0.25, 0.3) is 0 Å². The van der Waals surface area contributed by atoms with E-state index in [0.29, 0.717) is 6.04 Å². The summed E-state index contributed by atoms with van der Waals surface area (Å²) >= 11 is 1.70. The SMILES string of the molecule is CC(C)=NN=c1sc(C)c(-c2ccccc2)n1C(C)C. The Morgan fingerprint density at radius 1 is 1.15 bits per heavy atom. The molecule has 0 unspecified atom stereocenters. The van der Waals surface area contributed by atoms with Crippen LogP contribution in [0.4, 0.5) is 0 Å². The summed E-state index contributed by atoms with van der Waals surface area (Å²) in [5.41, 5.74) is 3.44. The lowest BCUT2D eigenvalue weighted by Gasteiger charge is -2.13. The Labute approximate surface area is 124 Å². The second kappa shape index (κ2) is 6.18. The van der Waals surface area contributed by atoms with Crippen molar-refractivity contribution in [2.75, 3.05) is 0 Å². The second-order valence-corrected chi connectivity index (χ2v) is 6.45. The summed E-state index contributed by atoms with van der Waals surface area (Å²) in [4.78, 5) is 2.23. The molecule has 0 amide bonds. The lowest BCUT2D eigenvalue weighted by Crippen LogP contribution is -2.18. The van der Waals surface area contributed by atoms with Crippen molar-refractivity contribution in [1.29, 1.82) is 0 Å². The quantitative estimate of drug-likeness (QED) is 0.591. The fourth-order valence-electron chi connectivity index (χ4n) is 2.13. The van der Waals surface area contributed by atoms with Crippen molar-refractivity contribution in [2.24, 2.45) is 10.2 Å². The van der Waals surface area contributed by atoms with Crippen LogP contribution in [0.1, 0.15) is 38.6 Å². The number of thiazole rings is 1. The number of aromatic nitrogens is 1. The lowest BCUT2D eigenvalue weighted by molar-refractivity contribution is 0.587. The highest BCUT2D eigenvalue weighted by atomic mass is 32.1. The lowest BCUT2D eigenvalue weighted by atomic mass is 10.1. The van der Waals surface area contributed by atoms with E-state index < -0.39 is 0 Å². The number of nitrogens with zero attached hydrogens (tertiary/aromatic N) is 3. The van der Waals surface area contributed by atoms with Crippen LogP contribution >= 0.6 is 11.3 Å². The van der Waals surface area contributed by atoms with Crippen molar-refractivity contribution < 1.29 is 0 Å². The monoisotopic (exact) mass is 287 g/mol. The minimum absolute atomic E-state index is 0.348. The van der Waals surface area contributed by atoms with Gasteiger partial charge in [-0.3, -0.25) is 0 Å². The molecule has 1 aromatic heterocycles. The van der Waals surface area contributed by atoms with E-state index in [9.17, 15) is 0 Å². The molecule has 0 N–H and O–H groups in total. The molecule has 0 radical (unpaired) electrons. The minimum atomic E-state index is 0.348. The first-order valence-electron chi connectivity index (χ1n) is 6.83. The van der Waals surface area contributed by atoms with E-state index in [1.54, 1.807) is 11.3 Å². The summed E-state index contributed by atoms with van der Waals surface area (Å²) in [6, 6.07) is 10.8. The van der Waals surface area contributed by atoms with Crippen LogP contribution in [-0.2, 0) is 0 Å². The smallest absolute Gasteiger partial charge is 0.211 e. The van der Waals surface area contributed by atoms with Crippen molar-refractivity contribution in [3.63, 3.8) is 0 Å². The predicted molar refractivity (Wildman–Crippen MR) is 87.2 cm³/mol. The predicted octanol–water partition coefficient (Wildman–Crippen LogP) is 4.40. The molecular formula is C16H21N3S. The highest BCUT2D eigenvalue weighted by molar-refractivity contribution is 7.09. The Balaban J connectivity index is 2.70. The highest BCUT2D eigenvalue weighted by Crippen LogP contribution is 2.27. The Hall–Kier alpha value is -1.68. The average molecular weight is 287 g/mol. The van der Waals surface area contributed by atoms with Crippen LogP contribution in [0.5, 0.6) is 0 Å². The third-order valence-corrected chi connectivity index (χ3v) is 3.88. The number of benzene rings is 1. The molecule has 0 saturated heterocycles. The van der Waals surface area contributed by atoms with Gasteiger partial charge in [0.15, 0.2) is 0 Å². The van der Waals surface area contributed by atoms with Crippen LogP contribution in [0.15, 0.2) is 40.5 Å². The normalized spacial score (nSPS) is 12.0. The number of rotatable bonds is 3. The van der Waals surface area contributed by atoms with Gasteiger partial charge in [-0.1, -0.05) is 41.7 Å². The van der Waals surface area contributed by atoms with Crippen LogP contribution in [0.2, 0.25) is 0 Å². The van der Waals surface area contributed by atoms with Gasteiger partial charge in [-0.15, -0.1) is 5.10 Å². The van der Waals surface area contributed by atoms with E-state index in [-0.39, 0.29) is 0 Å². The van der Waals surface area contributed by atoms with Crippen LogP contribution in [0, 0.1) is 6.92 Å². The number of aryl methyl sites for hydroxylation is 1. The van der Waals surface area contributed by atoms with E-state index in [1.807, 2.05) is 19.9 Å². The summed E-state index contributed by atoms with van der Waals surface area (Å²) < 4.78 is 2.27. The summed E-state index contributed by atoms with van der Waals surface area (Å²) in [6.07, 6.45) is 0. The zero-order chi connectivity index (χ0) is 14.7. The summed E-state index contributed by atoms with van der Waals surface area (Å²) in [6.45, 7) is 10.4. The van der Waals surface area contributed by atoms with Crippen molar-refractivity contribution in [3.05, 3.63) is 40.0 Å². The molecule has 1 heterocycles. The maximum absolute atomic E-state index is 4.40. The van der Waals surface area contributed by atoms with E-state index >= 15 is 0 Å². The molecule has 106 valence electrons. The standard InChI is InChI=1S/C16H21N3S/c1-11(2)17-18-16-19(12(3)4)15(13(5)20-16)14-9-7-6-8-10-14/h6-10,12H,1-5H3. The molecule has 0 atom stereocenters. The van der Waals surface area contributed by atoms with Gasteiger partial charge in [0.1, 0.15) is 0 Å². The molecule has 2 rings (SSSR count). The molecule has 0 aliphatic carbocycles. The van der Waals surface area contributed by atoms with Crippen molar-refractivity contribution in [1.82, 2.24) is 4.57 Å². The second-order valence-electron chi connectivity index (χ2n) is 5.27. The molecule has 0 spiro atoms. The maximum Gasteiger partial charge on any atom is 0.211 e. The van der Waals surface area contributed by atoms with Gasteiger partial charge >= 0.3 is 0 Å². The van der Waals surface area contributed by atoms with Gasteiger partial charge in [-0.2, -0.15) is 5.10 Å². The average Bonchev–Trinajstić information content (AvgIpc) is 2.74. The molecule has 1 aromatic carbocycles. The van der Waals surface area contributed by atoms with Gasteiger partial charge in [-0.05, 0) is 40.2 Å². The van der Waals surface area contributed by atoms with E-state index in [2.05, 4.69) is 59.8 Å². The summed E-state index contributed by atoms with van der Waals surface area (Å²) in [7, 11) is 0. The highest BCUT2D eigenvalue weighted by Gasteiger charge is 2.14. The van der Waals surface area contributed by atoms with Crippen molar-refractivity contribution >= 4 is 17.0 Å². The van der Waals surface area contributed by atoms with Gasteiger partial charge in [0.2, 0.25) is 4.80 Å². The molecule has 0 fully saturated rings. The molecule has 4 heteroatoms. The molecule has 0 bridgehead atoms. The summed E-state index contributed by atoms with van der Waals surface area (Å²) in [5, 5.41) is 8.62. The van der Waals surface area contributed by atoms with Crippen LogP contribution in [-0.4, -0.2) is 10.3 Å². The fourth-order valence-corrected chi connectivity index (χ4v) is 3.20. The third kappa shape index (κ3) is 3.07. The van der Waals surface area contributed by atoms with Crippen molar-refractivity contribution in [3.8, 4) is 11.3 Å². The van der Waals surface area contributed by atoms with E-state index in [4.69, 9.17) is 0 Å². The topological polar surface area (TPSA) is 29.6 Å². The Morgan fingerprint density at radius 3 is 2.35 bits per heavy atom. The zero-order valence-electron chi connectivity index (χ0n) is 12.7. The number of hydrogen-bond donors (Lipinski definition) is 0. The maximum atomic E-state index is 4.40. The van der Waals surface area contributed by atoms with Gasteiger partial charge in [0, 0.05) is 16.6 Å². The molecular weight excluding hydrogens is 266 g/mol. The molecule has 3 nitrogen and oxygen atoms in total. The molecule has 0 aliphatic rings. The molecule has 20 heavy (non-hydrogen) atoms.